The number of hydrogen-bond acceptors (Lipinski definition) is 5. The number of methoxy groups -OCH3 is 1. The van der Waals surface area contributed by atoms with Crippen molar-refractivity contribution in [3.63, 3.8) is 0 Å². The molecule has 17 heavy (non-hydrogen) atoms. The summed E-state index contributed by atoms with van der Waals surface area (Å²) in [4.78, 5) is 14.7. The first-order chi connectivity index (χ1) is 8.11. The van der Waals surface area contributed by atoms with Gasteiger partial charge in [-0.15, -0.1) is 0 Å². The second-order valence-corrected chi connectivity index (χ2v) is 3.58. The lowest BCUT2D eigenvalue weighted by molar-refractivity contribution is -0.137. The van der Waals surface area contributed by atoms with E-state index in [9.17, 15) is 4.79 Å². The van der Waals surface area contributed by atoms with Crippen molar-refractivity contribution in [3.05, 3.63) is 23.8 Å². The van der Waals surface area contributed by atoms with E-state index in [0.29, 0.717) is 16.7 Å². The second kappa shape index (κ2) is 4.42. The lowest BCUT2D eigenvalue weighted by Crippen LogP contribution is -2.15. The van der Waals surface area contributed by atoms with Crippen LogP contribution in [0.1, 0.15) is 18.0 Å². The van der Waals surface area contributed by atoms with E-state index in [-0.39, 0.29) is 12.5 Å². The minimum Gasteiger partial charge on any atom is -0.481 e. The largest absolute Gasteiger partial charge is 0.481 e. The number of benzene rings is 1. The summed E-state index contributed by atoms with van der Waals surface area (Å²) in [5.41, 5.74) is 7.51. The third-order valence-electron chi connectivity index (χ3n) is 2.40. The number of carboxylic acids is 1. The molecule has 0 fully saturated rings. The van der Waals surface area contributed by atoms with Gasteiger partial charge in [0.05, 0.1) is 13.5 Å². The summed E-state index contributed by atoms with van der Waals surface area (Å²) in [5.74, 6) is -0.954. The first-order valence-electron chi connectivity index (χ1n) is 5.02. The van der Waals surface area contributed by atoms with Gasteiger partial charge in [0.1, 0.15) is 5.52 Å². The molecule has 1 aromatic carbocycles. The van der Waals surface area contributed by atoms with Gasteiger partial charge in [-0.2, -0.15) is 4.98 Å². The van der Waals surface area contributed by atoms with E-state index in [1.54, 1.807) is 18.2 Å². The van der Waals surface area contributed by atoms with E-state index in [2.05, 4.69) is 4.98 Å². The highest BCUT2D eigenvalue weighted by Crippen LogP contribution is 2.27. The van der Waals surface area contributed by atoms with Crippen LogP contribution >= 0.6 is 0 Å². The summed E-state index contributed by atoms with van der Waals surface area (Å²) in [6.45, 7) is 0. The fraction of sp³-hybridized carbons (Fsp3) is 0.273. The van der Waals surface area contributed by atoms with Gasteiger partial charge in [-0.05, 0) is 11.6 Å². The molecular formula is C11H12N2O4. The van der Waals surface area contributed by atoms with Gasteiger partial charge in [0.2, 0.25) is 0 Å². The quantitative estimate of drug-likeness (QED) is 0.830. The van der Waals surface area contributed by atoms with Crippen LogP contribution in [0.25, 0.3) is 11.1 Å². The van der Waals surface area contributed by atoms with Gasteiger partial charge in [0, 0.05) is 6.04 Å². The molecule has 1 aromatic heterocycles. The first-order valence-corrected chi connectivity index (χ1v) is 5.02. The van der Waals surface area contributed by atoms with Crippen LogP contribution < -0.4 is 10.5 Å². The van der Waals surface area contributed by atoms with Crippen LogP contribution in [-0.2, 0) is 4.79 Å². The lowest BCUT2D eigenvalue weighted by Gasteiger charge is -2.08. The predicted octanol–water partition coefficient (Wildman–Crippen LogP) is 1.31. The number of nitrogens with zero attached hydrogens (tertiary/aromatic N) is 1. The minimum atomic E-state index is -0.954. The van der Waals surface area contributed by atoms with Crippen molar-refractivity contribution in [2.45, 2.75) is 12.5 Å². The zero-order valence-electron chi connectivity index (χ0n) is 9.21. The Labute approximate surface area is 97.0 Å². The molecule has 0 saturated carbocycles. The van der Waals surface area contributed by atoms with Crippen molar-refractivity contribution >= 4 is 17.1 Å². The second-order valence-electron chi connectivity index (χ2n) is 3.58. The summed E-state index contributed by atoms with van der Waals surface area (Å²) in [6.07, 6.45) is -0.0242. The van der Waals surface area contributed by atoms with Crippen LogP contribution in [0.4, 0.5) is 0 Å². The number of nitrogens with two attached hydrogens (primary N) is 1. The average Bonchev–Trinajstić information content (AvgIpc) is 2.70. The molecule has 2 rings (SSSR count). The van der Waals surface area contributed by atoms with Gasteiger partial charge in [0.25, 0.3) is 0 Å². The molecule has 0 amide bonds. The van der Waals surface area contributed by atoms with Gasteiger partial charge in [-0.1, -0.05) is 12.1 Å². The van der Waals surface area contributed by atoms with Crippen molar-refractivity contribution in [1.82, 2.24) is 4.98 Å². The lowest BCUT2D eigenvalue weighted by atomic mass is 10.0. The van der Waals surface area contributed by atoms with Crippen molar-refractivity contribution in [2.24, 2.45) is 5.73 Å². The average molecular weight is 236 g/mol. The van der Waals surface area contributed by atoms with Gasteiger partial charge < -0.3 is 20.0 Å². The molecular weight excluding hydrogens is 224 g/mol. The number of carbonyl (C=O) groups is 1. The molecule has 0 saturated heterocycles. The van der Waals surface area contributed by atoms with E-state index < -0.39 is 12.0 Å². The number of oxazole rings is 1. The third kappa shape index (κ3) is 2.21. The Morgan fingerprint density at radius 2 is 2.41 bits per heavy atom. The number of ether oxygens (including phenoxy) is 1. The predicted molar refractivity (Wildman–Crippen MR) is 59.7 cm³/mol. The molecule has 3 N–H and O–H groups in total. The molecule has 0 aliphatic rings. The first kappa shape index (κ1) is 11.4. The third-order valence-corrected chi connectivity index (χ3v) is 2.40. The van der Waals surface area contributed by atoms with Crippen molar-refractivity contribution in [1.29, 1.82) is 0 Å². The Morgan fingerprint density at radius 3 is 3.06 bits per heavy atom. The Bertz CT molecular complexity index is 549. The normalized spacial score (nSPS) is 12.6. The smallest absolute Gasteiger partial charge is 0.394 e. The van der Waals surface area contributed by atoms with Gasteiger partial charge in [-0.3, -0.25) is 4.79 Å². The summed E-state index contributed by atoms with van der Waals surface area (Å²) in [7, 11) is 1.45. The highest BCUT2D eigenvalue weighted by atomic mass is 16.6. The zero-order valence-corrected chi connectivity index (χ0v) is 9.21. The van der Waals surface area contributed by atoms with Crippen LogP contribution in [0.2, 0.25) is 0 Å². The van der Waals surface area contributed by atoms with Crippen LogP contribution in [0.15, 0.2) is 22.6 Å². The van der Waals surface area contributed by atoms with E-state index in [1.807, 2.05) is 0 Å². The molecule has 0 aliphatic carbocycles. The maximum absolute atomic E-state index is 10.6. The molecule has 0 bridgehead atoms. The van der Waals surface area contributed by atoms with Gasteiger partial charge in [-0.25, -0.2) is 0 Å². The SMILES string of the molecule is COc1nc2c(C(N)CC(=O)O)cccc2o1. The molecule has 0 spiro atoms. The summed E-state index contributed by atoms with van der Waals surface area (Å²) >= 11 is 0. The van der Waals surface area contributed by atoms with Crippen molar-refractivity contribution < 1.29 is 19.1 Å². The summed E-state index contributed by atoms with van der Waals surface area (Å²) < 4.78 is 10.2. The molecule has 90 valence electrons. The number of aliphatic carboxylic acids is 1. The standard InChI is InChI=1S/C11H12N2O4/c1-16-11-13-10-6(7(12)5-9(14)15)3-2-4-8(10)17-11/h2-4,7H,5,12H2,1H3,(H,14,15). The number of hydrogen-bond donors (Lipinski definition) is 2. The fourth-order valence-corrected chi connectivity index (χ4v) is 1.63. The highest BCUT2D eigenvalue weighted by molar-refractivity contribution is 5.78. The molecule has 1 heterocycles. The molecule has 2 aromatic rings. The highest BCUT2D eigenvalue weighted by Gasteiger charge is 2.17. The number of fused-ring (bicyclic) bond motifs is 1. The Kier molecular flexibility index (Phi) is 2.97. The van der Waals surface area contributed by atoms with E-state index >= 15 is 0 Å². The molecule has 1 unspecified atom stereocenters. The summed E-state index contributed by atoms with van der Waals surface area (Å²) in [6, 6.07) is 4.58. The van der Waals surface area contributed by atoms with Crippen LogP contribution in [0, 0.1) is 0 Å². The maximum atomic E-state index is 10.6. The van der Waals surface area contributed by atoms with Gasteiger partial charge in [0.15, 0.2) is 5.58 Å². The Balaban J connectivity index is 2.45. The fourth-order valence-electron chi connectivity index (χ4n) is 1.63. The molecule has 6 heteroatoms. The van der Waals surface area contributed by atoms with Crippen LogP contribution in [-0.4, -0.2) is 23.2 Å². The molecule has 0 aliphatic heterocycles. The van der Waals surface area contributed by atoms with Gasteiger partial charge >= 0.3 is 12.0 Å². The number of carboxylic acid groups (broad SMARTS) is 1. The number of rotatable bonds is 4. The van der Waals surface area contributed by atoms with Crippen molar-refractivity contribution in [2.75, 3.05) is 7.11 Å². The monoisotopic (exact) mass is 236 g/mol. The maximum Gasteiger partial charge on any atom is 0.394 e. The van der Waals surface area contributed by atoms with E-state index in [0.717, 1.165) is 0 Å². The summed E-state index contributed by atoms with van der Waals surface area (Å²) in [5, 5.41) is 8.72. The Hall–Kier alpha value is -2.08. The minimum absolute atomic E-state index is 0.134. The van der Waals surface area contributed by atoms with E-state index in [4.69, 9.17) is 20.0 Å². The zero-order chi connectivity index (χ0) is 12.4. The van der Waals surface area contributed by atoms with Crippen LogP contribution in [0.3, 0.4) is 0 Å². The number of para-hydroxylation sites is 1. The molecule has 6 nitrogen and oxygen atoms in total. The van der Waals surface area contributed by atoms with Crippen molar-refractivity contribution in [3.8, 4) is 6.08 Å². The molecule has 1 atom stereocenters. The van der Waals surface area contributed by atoms with Crippen LogP contribution in [0.5, 0.6) is 6.08 Å². The molecule has 0 radical (unpaired) electrons. The van der Waals surface area contributed by atoms with E-state index in [1.165, 1.54) is 7.11 Å². The Morgan fingerprint density at radius 1 is 1.65 bits per heavy atom. The topological polar surface area (TPSA) is 98.6 Å². The number of aromatic nitrogens is 1.